The Bertz CT molecular complexity index is 1000. The maximum absolute atomic E-state index is 13.6. The summed E-state index contributed by atoms with van der Waals surface area (Å²) in [6.45, 7) is 3.30. The molecule has 0 bridgehead atoms. The fourth-order valence-electron chi connectivity index (χ4n) is 3.64. The first-order valence-corrected chi connectivity index (χ1v) is 9.42. The zero-order valence-electron chi connectivity index (χ0n) is 16.2. The average Bonchev–Trinajstić information content (AvgIpc) is 2.71. The van der Waals surface area contributed by atoms with E-state index in [0.29, 0.717) is 19.6 Å². The Kier molecular flexibility index (Phi) is 5.37. The highest BCUT2D eigenvalue weighted by molar-refractivity contribution is 5.93. The molecule has 0 aliphatic carbocycles. The van der Waals surface area contributed by atoms with Crippen molar-refractivity contribution in [2.24, 2.45) is 0 Å². The Morgan fingerprint density at radius 1 is 1.23 bits per heavy atom. The number of carbonyl (C=O) groups excluding carboxylic acids is 1. The van der Waals surface area contributed by atoms with Crippen molar-refractivity contribution in [3.8, 4) is 11.4 Å². The average molecular weight is 443 g/mol. The van der Waals surface area contributed by atoms with Crippen molar-refractivity contribution in [1.82, 2.24) is 25.6 Å². The molecular weight excluding hydrogens is 425 g/mol. The van der Waals surface area contributed by atoms with Crippen molar-refractivity contribution in [2.45, 2.75) is 31.6 Å². The summed E-state index contributed by atoms with van der Waals surface area (Å²) in [7, 11) is 0. The number of alkyl halides is 5. The van der Waals surface area contributed by atoms with Gasteiger partial charge in [-0.1, -0.05) is 0 Å². The zero-order valence-corrected chi connectivity index (χ0v) is 16.2. The second-order valence-electron chi connectivity index (χ2n) is 7.29. The zero-order chi connectivity index (χ0) is 22.3. The lowest BCUT2D eigenvalue weighted by molar-refractivity contribution is -0.137. The molecule has 166 valence electrons. The Morgan fingerprint density at radius 3 is 2.68 bits per heavy atom. The van der Waals surface area contributed by atoms with E-state index in [2.05, 4.69) is 30.9 Å². The van der Waals surface area contributed by atoms with Crippen LogP contribution in [0.4, 0.5) is 38.4 Å². The van der Waals surface area contributed by atoms with Gasteiger partial charge in [0.1, 0.15) is 24.0 Å². The van der Waals surface area contributed by atoms with E-state index in [1.807, 2.05) is 6.92 Å². The molecule has 2 atom stereocenters. The molecular formula is C18H18F5N7O. The highest BCUT2D eigenvalue weighted by Crippen LogP contribution is 2.39. The van der Waals surface area contributed by atoms with Gasteiger partial charge in [-0.15, -0.1) is 0 Å². The quantitative estimate of drug-likeness (QED) is 0.632. The third-order valence-electron chi connectivity index (χ3n) is 5.04. The van der Waals surface area contributed by atoms with Crippen molar-refractivity contribution in [3.05, 3.63) is 29.6 Å². The largest absolute Gasteiger partial charge is 0.416 e. The van der Waals surface area contributed by atoms with Gasteiger partial charge in [-0.3, -0.25) is 5.32 Å². The molecule has 2 aliphatic rings. The Hall–Kier alpha value is -3.09. The van der Waals surface area contributed by atoms with Crippen LogP contribution in [0.25, 0.3) is 11.4 Å². The third-order valence-corrected chi connectivity index (χ3v) is 5.04. The first kappa shape index (κ1) is 21.2. The van der Waals surface area contributed by atoms with Gasteiger partial charge in [0.05, 0.1) is 22.5 Å². The molecule has 1 unspecified atom stereocenters. The summed E-state index contributed by atoms with van der Waals surface area (Å²) in [6.07, 6.45) is -6.74. The number of carbonyl (C=O) groups is 1. The molecule has 13 heteroatoms. The monoisotopic (exact) mass is 443 g/mol. The molecule has 0 spiro atoms. The lowest BCUT2D eigenvalue weighted by Gasteiger charge is -2.33. The van der Waals surface area contributed by atoms with Gasteiger partial charge in [-0.25, -0.2) is 28.5 Å². The van der Waals surface area contributed by atoms with Crippen molar-refractivity contribution in [3.63, 3.8) is 0 Å². The number of aromatic nitrogens is 3. The number of pyridine rings is 1. The summed E-state index contributed by atoms with van der Waals surface area (Å²) in [4.78, 5) is 25.4. The van der Waals surface area contributed by atoms with Gasteiger partial charge in [-0.2, -0.15) is 13.2 Å². The summed E-state index contributed by atoms with van der Waals surface area (Å²) in [5.41, 5.74) is -1.65. The van der Waals surface area contributed by atoms with Gasteiger partial charge in [0.2, 0.25) is 0 Å². The summed E-state index contributed by atoms with van der Waals surface area (Å²) in [5, 5.41) is 7.53. The predicted octanol–water partition coefficient (Wildman–Crippen LogP) is 2.80. The number of hydrogen-bond acceptors (Lipinski definition) is 6. The highest BCUT2D eigenvalue weighted by Gasteiger charge is 2.37. The maximum Gasteiger partial charge on any atom is 0.416 e. The number of hydrogen-bond donors (Lipinski definition) is 3. The predicted molar refractivity (Wildman–Crippen MR) is 101 cm³/mol. The van der Waals surface area contributed by atoms with Crippen LogP contribution < -0.4 is 20.9 Å². The molecule has 0 saturated carbocycles. The van der Waals surface area contributed by atoms with E-state index in [1.165, 1.54) is 0 Å². The molecule has 2 aromatic heterocycles. The Balaban J connectivity index is 1.88. The summed E-state index contributed by atoms with van der Waals surface area (Å²) in [6, 6.07) is -0.965. The van der Waals surface area contributed by atoms with E-state index in [4.69, 9.17) is 0 Å². The van der Waals surface area contributed by atoms with E-state index in [1.54, 1.807) is 4.90 Å². The molecule has 2 aromatic rings. The van der Waals surface area contributed by atoms with Crippen molar-refractivity contribution < 1.29 is 26.7 Å². The standard InChI is InChI=1S/C18H18F5N7O/c1-8-6-30(3-2-24-8)11-5-9(18(21,22)23)4-10(27-11)13-12-14(15(19)20)28-17(31)29-16(12)26-7-25-13/h4-5,7-8,14-15,24H,2-3,6H2,1H3,(H2,25,26,28,29,31)/t8-,14?/m0/s1. The normalized spacial score (nSPS) is 21.5. The second-order valence-corrected chi connectivity index (χ2v) is 7.29. The van der Waals surface area contributed by atoms with Crippen LogP contribution in [0.3, 0.4) is 0 Å². The summed E-state index contributed by atoms with van der Waals surface area (Å²) < 4.78 is 68.1. The molecule has 3 N–H and O–H groups in total. The van der Waals surface area contributed by atoms with Gasteiger partial charge >= 0.3 is 12.2 Å². The van der Waals surface area contributed by atoms with Crippen molar-refractivity contribution in [2.75, 3.05) is 29.9 Å². The fourth-order valence-corrected chi connectivity index (χ4v) is 3.64. The van der Waals surface area contributed by atoms with Gasteiger partial charge in [-0.05, 0) is 19.1 Å². The van der Waals surface area contributed by atoms with Crippen LogP contribution in [0, 0.1) is 0 Å². The molecule has 0 aromatic carbocycles. The Morgan fingerprint density at radius 2 is 2.00 bits per heavy atom. The molecule has 4 rings (SSSR count). The molecule has 4 heterocycles. The molecule has 1 fully saturated rings. The first-order chi connectivity index (χ1) is 14.6. The van der Waals surface area contributed by atoms with Gasteiger partial charge < -0.3 is 15.5 Å². The van der Waals surface area contributed by atoms with Gasteiger partial charge in [0.25, 0.3) is 6.43 Å². The van der Waals surface area contributed by atoms with E-state index in [-0.39, 0.29) is 34.6 Å². The minimum Gasteiger partial charge on any atom is -0.354 e. The van der Waals surface area contributed by atoms with Crippen LogP contribution in [-0.4, -0.2) is 53.1 Å². The number of anilines is 2. The topological polar surface area (TPSA) is 95.1 Å². The minimum atomic E-state index is -4.69. The lowest BCUT2D eigenvalue weighted by Crippen LogP contribution is -2.49. The van der Waals surface area contributed by atoms with E-state index in [9.17, 15) is 26.7 Å². The number of halogens is 5. The lowest BCUT2D eigenvalue weighted by atomic mass is 10.0. The summed E-state index contributed by atoms with van der Waals surface area (Å²) in [5.74, 6) is -0.137. The molecule has 2 amide bonds. The maximum atomic E-state index is 13.6. The van der Waals surface area contributed by atoms with E-state index >= 15 is 0 Å². The second kappa shape index (κ2) is 7.87. The molecule has 1 saturated heterocycles. The number of amides is 2. The van der Waals surface area contributed by atoms with Crippen LogP contribution >= 0.6 is 0 Å². The van der Waals surface area contributed by atoms with Crippen molar-refractivity contribution in [1.29, 1.82) is 0 Å². The summed E-state index contributed by atoms with van der Waals surface area (Å²) >= 11 is 0. The van der Waals surface area contributed by atoms with E-state index in [0.717, 1.165) is 18.5 Å². The minimum absolute atomic E-state index is 0.0305. The number of fused-ring (bicyclic) bond motifs is 1. The molecule has 0 radical (unpaired) electrons. The highest BCUT2D eigenvalue weighted by atomic mass is 19.4. The van der Waals surface area contributed by atoms with Crippen LogP contribution in [-0.2, 0) is 6.18 Å². The number of urea groups is 1. The molecule has 8 nitrogen and oxygen atoms in total. The first-order valence-electron chi connectivity index (χ1n) is 9.42. The number of nitrogens with one attached hydrogen (secondary N) is 3. The van der Waals surface area contributed by atoms with Crippen LogP contribution in [0.5, 0.6) is 0 Å². The number of piperazine rings is 1. The van der Waals surface area contributed by atoms with Crippen LogP contribution in [0.2, 0.25) is 0 Å². The third kappa shape index (κ3) is 4.22. The molecule has 31 heavy (non-hydrogen) atoms. The SMILES string of the molecule is C[C@H]1CN(c2cc(C(F)(F)F)cc(-c3ncnc4c3C(C(F)F)NC(=O)N4)n2)CCN1. The van der Waals surface area contributed by atoms with Crippen LogP contribution in [0.15, 0.2) is 18.5 Å². The molecule has 2 aliphatic heterocycles. The number of rotatable bonds is 3. The smallest absolute Gasteiger partial charge is 0.354 e. The fraction of sp³-hybridized carbons (Fsp3) is 0.444. The van der Waals surface area contributed by atoms with Gasteiger partial charge in [0, 0.05) is 25.7 Å². The van der Waals surface area contributed by atoms with Gasteiger partial charge in [0.15, 0.2) is 0 Å². The van der Waals surface area contributed by atoms with Crippen molar-refractivity contribution >= 4 is 17.7 Å². The Labute approximate surface area is 173 Å². The van der Waals surface area contributed by atoms with E-state index < -0.39 is 30.2 Å². The van der Waals surface area contributed by atoms with Crippen LogP contribution in [0.1, 0.15) is 24.1 Å². The number of nitrogens with zero attached hydrogens (tertiary/aromatic N) is 4.